The summed E-state index contributed by atoms with van der Waals surface area (Å²) in [5.74, 6) is -0.0905. The predicted molar refractivity (Wildman–Crippen MR) is 112 cm³/mol. The Morgan fingerprint density at radius 2 is 1.83 bits per heavy atom. The van der Waals surface area contributed by atoms with Crippen LogP contribution >= 0.6 is 0 Å². The number of alkyl carbamates (subject to hydrolysis) is 1. The van der Waals surface area contributed by atoms with Gasteiger partial charge >= 0.3 is 6.09 Å². The molecule has 1 atom stereocenters. The van der Waals surface area contributed by atoms with Gasteiger partial charge in [-0.3, -0.25) is 4.79 Å². The van der Waals surface area contributed by atoms with E-state index in [1.165, 1.54) is 0 Å². The fourth-order valence-electron chi connectivity index (χ4n) is 3.70. The molecule has 29 heavy (non-hydrogen) atoms. The van der Waals surface area contributed by atoms with E-state index in [0.29, 0.717) is 5.69 Å². The van der Waals surface area contributed by atoms with Crippen LogP contribution in [-0.4, -0.2) is 33.2 Å². The zero-order valence-electron chi connectivity index (χ0n) is 17.6. The standard InChI is InChI=1S/C22H30N4O3/c1-22(2,3)29-21(28)25-19(16-7-5-6-8-16)20(27)24-17-11-9-15(10-12-17)18-13-23-14-26(18)4/h9-14,16,19H,5-8H2,1-4H3,(H,24,27)(H,25,28)/t19-/m0/s1. The number of aromatic nitrogens is 2. The molecule has 1 saturated carbocycles. The van der Waals surface area contributed by atoms with Crippen molar-refractivity contribution in [1.29, 1.82) is 0 Å². The third kappa shape index (κ3) is 5.59. The van der Waals surface area contributed by atoms with Crippen molar-refractivity contribution < 1.29 is 14.3 Å². The smallest absolute Gasteiger partial charge is 0.408 e. The molecular weight excluding hydrogens is 368 g/mol. The van der Waals surface area contributed by atoms with Crippen LogP contribution < -0.4 is 10.6 Å². The minimum atomic E-state index is -0.609. The van der Waals surface area contributed by atoms with Gasteiger partial charge in [-0.05, 0) is 57.2 Å². The van der Waals surface area contributed by atoms with E-state index in [2.05, 4.69) is 15.6 Å². The van der Waals surface area contributed by atoms with Crippen LogP contribution in [0.2, 0.25) is 0 Å². The first kappa shape index (κ1) is 20.9. The number of hydrogen-bond donors (Lipinski definition) is 2. The number of ether oxygens (including phenoxy) is 1. The summed E-state index contributed by atoms with van der Waals surface area (Å²) in [5.41, 5.74) is 2.10. The Bertz CT molecular complexity index is 846. The van der Waals surface area contributed by atoms with Crippen LogP contribution in [0.1, 0.15) is 46.5 Å². The Morgan fingerprint density at radius 3 is 2.38 bits per heavy atom. The van der Waals surface area contributed by atoms with Gasteiger partial charge in [0.15, 0.2) is 0 Å². The summed E-state index contributed by atoms with van der Waals surface area (Å²) in [6.45, 7) is 5.42. The summed E-state index contributed by atoms with van der Waals surface area (Å²) in [5, 5.41) is 5.73. The van der Waals surface area contributed by atoms with Crippen molar-refractivity contribution in [3.8, 4) is 11.3 Å². The van der Waals surface area contributed by atoms with Gasteiger partial charge in [0.25, 0.3) is 0 Å². The fourth-order valence-corrected chi connectivity index (χ4v) is 3.70. The van der Waals surface area contributed by atoms with Gasteiger partial charge in [-0.2, -0.15) is 0 Å². The molecule has 1 aliphatic carbocycles. The van der Waals surface area contributed by atoms with Crippen LogP contribution in [0.5, 0.6) is 0 Å². The summed E-state index contributed by atoms with van der Waals surface area (Å²) in [7, 11) is 1.94. The van der Waals surface area contributed by atoms with E-state index in [0.717, 1.165) is 36.9 Å². The second-order valence-corrected chi connectivity index (χ2v) is 8.62. The minimum absolute atomic E-state index is 0.122. The molecule has 0 saturated heterocycles. The van der Waals surface area contributed by atoms with Crippen molar-refractivity contribution in [2.75, 3.05) is 5.32 Å². The Balaban J connectivity index is 1.69. The number of aryl methyl sites for hydroxylation is 1. The van der Waals surface area contributed by atoms with Crippen LogP contribution in [-0.2, 0) is 16.6 Å². The number of anilines is 1. The number of carbonyl (C=O) groups excluding carboxylic acids is 2. The Labute approximate surface area is 171 Å². The van der Waals surface area contributed by atoms with Crippen LogP contribution in [0.3, 0.4) is 0 Å². The number of carbonyl (C=O) groups is 2. The lowest BCUT2D eigenvalue weighted by molar-refractivity contribution is -0.119. The first-order valence-electron chi connectivity index (χ1n) is 10.1. The van der Waals surface area contributed by atoms with Crippen molar-refractivity contribution in [2.24, 2.45) is 13.0 Å². The molecule has 1 aliphatic rings. The maximum atomic E-state index is 13.0. The zero-order valence-corrected chi connectivity index (χ0v) is 17.6. The van der Waals surface area contributed by atoms with Gasteiger partial charge in [-0.15, -0.1) is 0 Å². The summed E-state index contributed by atoms with van der Waals surface area (Å²) in [6.07, 6.45) is 6.98. The van der Waals surface area contributed by atoms with Crippen molar-refractivity contribution in [3.63, 3.8) is 0 Å². The van der Waals surface area contributed by atoms with Crippen LogP contribution in [0.4, 0.5) is 10.5 Å². The highest BCUT2D eigenvalue weighted by molar-refractivity contribution is 5.97. The lowest BCUT2D eigenvalue weighted by Gasteiger charge is -2.26. The van der Waals surface area contributed by atoms with Gasteiger partial charge in [-0.1, -0.05) is 25.0 Å². The van der Waals surface area contributed by atoms with Crippen LogP contribution in [0.15, 0.2) is 36.8 Å². The molecule has 0 unspecified atom stereocenters. The van der Waals surface area contributed by atoms with E-state index in [1.54, 1.807) is 33.3 Å². The maximum Gasteiger partial charge on any atom is 0.408 e. The Morgan fingerprint density at radius 1 is 1.17 bits per heavy atom. The predicted octanol–water partition coefficient (Wildman–Crippen LogP) is 4.11. The number of amides is 2. The highest BCUT2D eigenvalue weighted by Crippen LogP contribution is 2.29. The summed E-state index contributed by atoms with van der Waals surface area (Å²) >= 11 is 0. The molecule has 156 valence electrons. The van der Waals surface area contributed by atoms with Gasteiger partial charge in [0.2, 0.25) is 5.91 Å². The number of nitrogens with one attached hydrogen (secondary N) is 2. The molecule has 2 amide bonds. The summed E-state index contributed by atoms with van der Waals surface area (Å²) in [4.78, 5) is 29.4. The monoisotopic (exact) mass is 398 g/mol. The van der Waals surface area contributed by atoms with Gasteiger partial charge in [0.05, 0.1) is 18.2 Å². The molecule has 1 aromatic heterocycles. The lowest BCUT2D eigenvalue weighted by Crippen LogP contribution is -2.49. The van der Waals surface area contributed by atoms with E-state index in [9.17, 15) is 9.59 Å². The third-order valence-corrected chi connectivity index (χ3v) is 5.09. The molecular formula is C22H30N4O3. The molecule has 0 spiro atoms. The molecule has 1 aromatic carbocycles. The Kier molecular flexibility index (Phi) is 6.25. The SMILES string of the molecule is Cn1cncc1-c1ccc(NC(=O)[C@@H](NC(=O)OC(C)(C)C)C2CCCC2)cc1. The third-order valence-electron chi connectivity index (χ3n) is 5.09. The van der Waals surface area contributed by atoms with E-state index in [4.69, 9.17) is 4.74 Å². The highest BCUT2D eigenvalue weighted by atomic mass is 16.6. The number of benzene rings is 1. The first-order chi connectivity index (χ1) is 13.7. The van der Waals surface area contributed by atoms with Gasteiger partial charge in [-0.25, -0.2) is 9.78 Å². The van der Waals surface area contributed by atoms with Crippen molar-refractivity contribution >= 4 is 17.7 Å². The number of rotatable bonds is 5. The highest BCUT2D eigenvalue weighted by Gasteiger charge is 2.33. The van der Waals surface area contributed by atoms with Gasteiger partial charge < -0.3 is 19.9 Å². The molecule has 1 heterocycles. The second kappa shape index (κ2) is 8.68. The van der Waals surface area contributed by atoms with Crippen molar-refractivity contribution in [3.05, 3.63) is 36.8 Å². The van der Waals surface area contributed by atoms with Crippen LogP contribution in [0.25, 0.3) is 11.3 Å². The van der Waals surface area contributed by atoms with Crippen molar-refractivity contribution in [1.82, 2.24) is 14.9 Å². The van der Waals surface area contributed by atoms with E-state index in [1.807, 2.05) is 35.9 Å². The topological polar surface area (TPSA) is 85.3 Å². The van der Waals surface area contributed by atoms with E-state index in [-0.39, 0.29) is 11.8 Å². The van der Waals surface area contributed by atoms with Gasteiger partial charge in [0, 0.05) is 12.7 Å². The number of imidazole rings is 1. The molecule has 7 nitrogen and oxygen atoms in total. The maximum absolute atomic E-state index is 13.0. The van der Waals surface area contributed by atoms with E-state index >= 15 is 0 Å². The Hall–Kier alpha value is -2.83. The first-order valence-corrected chi connectivity index (χ1v) is 10.1. The van der Waals surface area contributed by atoms with Gasteiger partial charge in [0.1, 0.15) is 11.6 Å². The number of nitrogens with zero attached hydrogens (tertiary/aromatic N) is 2. The quantitative estimate of drug-likeness (QED) is 0.794. The zero-order chi connectivity index (χ0) is 21.0. The van der Waals surface area contributed by atoms with Crippen molar-refractivity contribution in [2.45, 2.75) is 58.1 Å². The summed E-state index contributed by atoms with van der Waals surface area (Å²) in [6, 6.07) is 7.00. The molecule has 0 radical (unpaired) electrons. The summed E-state index contributed by atoms with van der Waals surface area (Å²) < 4.78 is 7.30. The van der Waals surface area contributed by atoms with E-state index < -0.39 is 17.7 Å². The molecule has 2 aromatic rings. The molecule has 1 fully saturated rings. The minimum Gasteiger partial charge on any atom is -0.444 e. The molecule has 2 N–H and O–H groups in total. The largest absolute Gasteiger partial charge is 0.444 e. The second-order valence-electron chi connectivity index (χ2n) is 8.62. The van der Waals surface area contributed by atoms with Crippen LogP contribution in [0, 0.1) is 5.92 Å². The molecule has 3 rings (SSSR count). The number of hydrogen-bond acceptors (Lipinski definition) is 4. The molecule has 7 heteroatoms. The molecule has 0 aliphatic heterocycles. The fraction of sp³-hybridized carbons (Fsp3) is 0.500. The molecule has 0 bridgehead atoms. The average Bonchev–Trinajstić information content (AvgIpc) is 3.30. The lowest BCUT2D eigenvalue weighted by atomic mass is 9.97. The average molecular weight is 399 g/mol. The normalized spacial score (nSPS) is 15.7.